The Balaban J connectivity index is 1.41. The van der Waals surface area contributed by atoms with Crippen molar-refractivity contribution in [1.29, 1.82) is 0 Å². The smallest absolute Gasteiger partial charge is 0.252 e. The fourth-order valence-electron chi connectivity index (χ4n) is 4.21. The minimum Gasteiger partial charge on any atom is -0.377 e. The number of carbonyl (C=O) groups is 1. The molecule has 0 aliphatic carbocycles. The quantitative estimate of drug-likeness (QED) is 0.650. The van der Waals surface area contributed by atoms with Gasteiger partial charge in [0.2, 0.25) is 0 Å². The van der Waals surface area contributed by atoms with Gasteiger partial charge in [0.1, 0.15) is 0 Å². The van der Waals surface area contributed by atoms with Gasteiger partial charge in [-0.3, -0.25) is 9.69 Å². The van der Waals surface area contributed by atoms with E-state index in [0.717, 1.165) is 48.7 Å². The minimum atomic E-state index is 0.0144. The van der Waals surface area contributed by atoms with Crippen LogP contribution in [0.5, 0.6) is 0 Å². The Labute approximate surface area is 178 Å². The summed E-state index contributed by atoms with van der Waals surface area (Å²) in [6.45, 7) is 3.70. The average molecular weight is 411 g/mol. The van der Waals surface area contributed by atoms with Crippen LogP contribution in [0.25, 0.3) is 0 Å². The van der Waals surface area contributed by atoms with Crippen LogP contribution in [-0.4, -0.2) is 48.9 Å². The molecule has 2 aliphatic rings. The molecule has 2 fully saturated rings. The van der Waals surface area contributed by atoms with E-state index in [9.17, 15) is 4.79 Å². The van der Waals surface area contributed by atoms with Gasteiger partial charge in [0.25, 0.3) is 5.91 Å². The number of hydrogen-bond acceptors (Lipinski definition) is 4. The molecule has 0 aromatic heterocycles. The zero-order chi connectivity index (χ0) is 19.9. The van der Waals surface area contributed by atoms with E-state index in [0.29, 0.717) is 12.6 Å². The number of nitrogens with zero attached hydrogens (tertiary/aromatic N) is 1. The van der Waals surface area contributed by atoms with Crippen LogP contribution in [0.4, 0.5) is 0 Å². The third-order valence-electron chi connectivity index (χ3n) is 5.80. The minimum absolute atomic E-state index is 0.0144. The fourth-order valence-corrected chi connectivity index (χ4v) is 5.33. The van der Waals surface area contributed by atoms with Crippen LogP contribution in [0.1, 0.15) is 47.6 Å². The highest BCUT2D eigenvalue weighted by Crippen LogP contribution is 2.28. The zero-order valence-corrected chi connectivity index (χ0v) is 17.7. The molecule has 0 bridgehead atoms. The third kappa shape index (κ3) is 5.41. The van der Waals surface area contributed by atoms with Crippen LogP contribution in [0.2, 0.25) is 0 Å². The van der Waals surface area contributed by atoms with Gasteiger partial charge in [0.15, 0.2) is 0 Å². The van der Waals surface area contributed by atoms with E-state index in [1.165, 1.54) is 18.4 Å². The van der Waals surface area contributed by atoms with Gasteiger partial charge in [-0.2, -0.15) is 0 Å². The van der Waals surface area contributed by atoms with Gasteiger partial charge < -0.3 is 10.1 Å². The van der Waals surface area contributed by atoms with Crippen molar-refractivity contribution in [3.8, 4) is 0 Å². The number of likely N-dealkylation sites (tertiary alicyclic amines) is 1. The summed E-state index contributed by atoms with van der Waals surface area (Å²) >= 11 is 1.73. The predicted octanol–water partition coefficient (Wildman–Crippen LogP) is 4.52. The van der Waals surface area contributed by atoms with E-state index in [4.69, 9.17) is 4.74 Å². The first-order valence-electron chi connectivity index (χ1n) is 10.7. The summed E-state index contributed by atoms with van der Waals surface area (Å²) in [6, 6.07) is 18.7. The summed E-state index contributed by atoms with van der Waals surface area (Å²) < 4.78 is 5.73. The maximum absolute atomic E-state index is 13.0. The van der Waals surface area contributed by atoms with E-state index in [1.54, 1.807) is 11.8 Å². The summed E-state index contributed by atoms with van der Waals surface area (Å²) in [4.78, 5) is 16.6. The van der Waals surface area contributed by atoms with Gasteiger partial charge in [0, 0.05) is 23.8 Å². The standard InChI is InChI=1S/C24H30N2O2S/c27-24(21-12-4-5-13-23(21)29-18-20-11-8-16-28-20)25-17-22(26-14-6-7-15-26)19-9-2-1-3-10-19/h1-5,9-10,12-13,20,22H,6-8,11,14-18H2,(H,25,27)/t20-,22-/m1/s1. The van der Waals surface area contributed by atoms with E-state index >= 15 is 0 Å². The number of rotatable bonds is 8. The van der Waals surface area contributed by atoms with Crippen molar-refractivity contribution < 1.29 is 9.53 Å². The fraction of sp³-hybridized carbons (Fsp3) is 0.458. The first-order valence-corrected chi connectivity index (χ1v) is 11.7. The first-order chi connectivity index (χ1) is 14.3. The normalized spacial score (nSPS) is 20.6. The van der Waals surface area contributed by atoms with Gasteiger partial charge in [-0.15, -0.1) is 11.8 Å². The molecule has 0 spiro atoms. The number of amides is 1. The zero-order valence-electron chi connectivity index (χ0n) is 16.9. The van der Waals surface area contributed by atoms with Gasteiger partial charge >= 0.3 is 0 Å². The van der Waals surface area contributed by atoms with Gasteiger partial charge in [-0.1, -0.05) is 42.5 Å². The van der Waals surface area contributed by atoms with Crippen LogP contribution in [-0.2, 0) is 4.74 Å². The Morgan fingerprint density at radius 2 is 1.83 bits per heavy atom. The molecule has 2 aliphatic heterocycles. The number of nitrogens with one attached hydrogen (secondary N) is 1. The highest BCUT2D eigenvalue weighted by molar-refractivity contribution is 7.99. The second kappa shape index (κ2) is 10.3. The number of thioether (sulfide) groups is 1. The largest absolute Gasteiger partial charge is 0.377 e. The van der Waals surface area contributed by atoms with E-state index in [2.05, 4.69) is 34.5 Å². The molecular weight excluding hydrogens is 380 g/mol. The van der Waals surface area contributed by atoms with Crippen molar-refractivity contribution in [2.75, 3.05) is 32.0 Å². The maximum atomic E-state index is 13.0. The van der Waals surface area contributed by atoms with E-state index in [1.807, 2.05) is 30.3 Å². The lowest BCUT2D eigenvalue weighted by atomic mass is 10.1. The monoisotopic (exact) mass is 410 g/mol. The van der Waals surface area contributed by atoms with Crippen LogP contribution in [0, 0.1) is 0 Å². The average Bonchev–Trinajstić information content (AvgIpc) is 3.48. The highest BCUT2D eigenvalue weighted by Gasteiger charge is 2.24. The molecule has 154 valence electrons. The van der Waals surface area contributed by atoms with E-state index in [-0.39, 0.29) is 11.9 Å². The number of ether oxygens (including phenoxy) is 1. The van der Waals surface area contributed by atoms with Gasteiger partial charge in [-0.05, 0) is 56.5 Å². The van der Waals surface area contributed by atoms with Crippen LogP contribution in [0.3, 0.4) is 0 Å². The Bertz CT molecular complexity index is 786. The molecule has 0 unspecified atom stereocenters. The molecule has 0 saturated carbocycles. The first kappa shape index (κ1) is 20.5. The Kier molecular flexibility index (Phi) is 7.25. The lowest BCUT2D eigenvalue weighted by molar-refractivity contribution is 0.0935. The number of hydrogen-bond donors (Lipinski definition) is 1. The Morgan fingerprint density at radius 1 is 1.07 bits per heavy atom. The SMILES string of the molecule is O=C(NC[C@H](c1ccccc1)N1CCCC1)c1ccccc1SC[C@H]1CCCO1. The summed E-state index contributed by atoms with van der Waals surface area (Å²) in [6.07, 6.45) is 5.05. The van der Waals surface area contributed by atoms with Crippen LogP contribution < -0.4 is 5.32 Å². The summed E-state index contributed by atoms with van der Waals surface area (Å²) in [5.41, 5.74) is 2.04. The molecular formula is C24H30N2O2S. The van der Waals surface area contributed by atoms with Crippen molar-refractivity contribution in [2.45, 2.75) is 42.7 Å². The van der Waals surface area contributed by atoms with Crippen molar-refractivity contribution >= 4 is 17.7 Å². The highest BCUT2D eigenvalue weighted by atomic mass is 32.2. The molecule has 1 amide bonds. The van der Waals surface area contributed by atoms with Gasteiger partial charge in [0.05, 0.1) is 17.7 Å². The van der Waals surface area contributed by atoms with E-state index < -0.39 is 0 Å². The van der Waals surface area contributed by atoms with Crippen LogP contribution in [0.15, 0.2) is 59.5 Å². The Morgan fingerprint density at radius 3 is 2.59 bits per heavy atom. The molecule has 2 saturated heterocycles. The molecule has 4 rings (SSSR count). The summed E-state index contributed by atoms with van der Waals surface area (Å²) in [5, 5.41) is 3.22. The summed E-state index contributed by atoms with van der Waals surface area (Å²) in [5.74, 6) is 0.922. The van der Waals surface area contributed by atoms with Crippen molar-refractivity contribution in [3.63, 3.8) is 0 Å². The second-order valence-corrected chi connectivity index (χ2v) is 8.88. The molecule has 0 radical (unpaired) electrons. The molecule has 2 heterocycles. The molecule has 2 aromatic carbocycles. The lowest BCUT2D eigenvalue weighted by Crippen LogP contribution is -2.37. The molecule has 2 aromatic rings. The van der Waals surface area contributed by atoms with Crippen molar-refractivity contribution in [1.82, 2.24) is 10.2 Å². The molecule has 2 atom stereocenters. The topological polar surface area (TPSA) is 41.6 Å². The van der Waals surface area contributed by atoms with Crippen molar-refractivity contribution in [3.05, 3.63) is 65.7 Å². The Hall–Kier alpha value is -1.82. The second-order valence-electron chi connectivity index (χ2n) is 7.82. The lowest BCUT2D eigenvalue weighted by Gasteiger charge is -2.28. The molecule has 29 heavy (non-hydrogen) atoms. The summed E-state index contributed by atoms with van der Waals surface area (Å²) in [7, 11) is 0. The molecule has 4 nitrogen and oxygen atoms in total. The third-order valence-corrected chi connectivity index (χ3v) is 7.01. The van der Waals surface area contributed by atoms with Gasteiger partial charge in [-0.25, -0.2) is 0 Å². The number of benzene rings is 2. The predicted molar refractivity (Wildman–Crippen MR) is 118 cm³/mol. The van der Waals surface area contributed by atoms with Crippen molar-refractivity contribution in [2.24, 2.45) is 0 Å². The molecule has 5 heteroatoms. The maximum Gasteiger partial charge on any atom is 0.252 e. The molecule has 1 N–H and O–H groups in total. The number of carbonyl (C=O) groups excluding carboxylic acids is 1. The van der Waals surface area contributed by atoms with Crippen LogP contribution >= 0.6 is 11.8 Å².